The second kappa shape index (κ2) is 6.38. The summed E-state index contributed by atoms with van der Waals surface area (Å²) in [6.07, 6.45) is 3.28. The Kier molecular flexibility index (Phi) is 4.56. The predicted octanol–water partition coefficient (Wildman–Crippen LogP) is 2.02. The Morgan fingerprint density at radius 1 is 1.43 bits per heavy atom. The minimum Gasteiger partial charge on any atom is -0.491 e. The van der Waals surface area contributed by atoms with E-state index in [4.69, 9.17) is 14.6 Å². The second-order valence-corrected chi connectivity index (χ2v) is 4.89. The molecule has 2 rings (SSSR count). The van der Waals surface area contributed by atoms with Crippen molar-refractivity contribution in [1.82, 2.24) is 4.98 Å². The van der Waals surface area contributed by atoms with Gasteiger partial charge >= 0.3 is 5.97 Å². The molecular weight excluding hydrogens is 280 g/mol. The lowest BCUT2D eigenvalue weighted by molar-refractivity contribution is -0.385. The molecule has 0 atom stereocenters. The van der Waals surface area contributed by atoms with Crippen LogP contribution in [0.1, 0.15) is 25.7 Å². The molecule has 114 valence electrons. The largest absolute Gasteiger partial charge is 0.491 e. The third-order valence-electron chi connectivity index (χ3n) is 3.54. The minimum absolute atomic E-state index is 0.150. The van der Waals surface area contributed by atoms with Crippen LogP contribution in [0.2, 0.25) is 0 Å². The molecule has 0 aliphatic heterocycles. The molecule has 1 aliphatic carbocycles. The number of carboxylic acid groups (broad SMARTS) is 1. The van der Waals surface area contributed by atoms with E-state index >= 15 is 0 Å². The van der Waals surface area contributed by atoms with Gasteiger partial charge in [0.2, 0.25) is 0 Å². The van der Waals surface area contributed by atoms with Gasteiger partial charge in [-0.3, -0.25) is 14.9 Å². The van der Waals surface area contributed by atoms with Crippen molar-refractivity contribution in [2.24, 2.45) is 5.92 Å². The van der Waals surface area contributed by atoms with Crippen molar-refractivity contribution >= 4 is 11.7 Å². The number of carbonyl (C=O) groups is 1. The molecule has 0 saturated heterocycles. The SMILES string of the molecule is COc1cc([N+](=O)[O-])cnc1O[C@H]1CC[C@@H](C(=O)O)CC1. The molecule has 0 aromatic carbocycles. The molecule has 0 radical (unpaired) electrons. The molecule has 1 aromatic rings. The zero-order chi connectivity index (χ0) is 15.4. The van der Waals surface area contributed by atoms with Crippen molar-refractivity contribution in [3.05, 3.63) is 22.4 Å². The molecule has 21 heavy (non-hydrogen) atoms. The molecule has 8 heteroatoms. The van der Waals surface area contributed by atoms with Crippen LogP contribution in [0.4, 0.5) is 5.69 Å². The molecule has 0 bridgehead atoms. The molecule has 1 aliphatic rings. The first-order valence-corrected chi connectivity index (χ1v) is 6.59. The fourth-order valence-corrected chi connectivity index (χ4v) is 2.34. The lowest BCUT2D eigenvalue weighted by atomic mass is 9.87. The van der Waals surface area contributed by atoms with E-state index in [-0.39, 0.29) is 29.3 Å². The highest BCUT2D eigenvalue weighted by molar-refractivity contribution is 5.70. The number of aromatic nitrogens is 1. The minimum atomic E-state index is -0.778. The van der Waals surface area contributed by atoms with Gasteiger partial charge in [0.25, 0.3) is 11.6 Å². The number of rotatable bonds is 5. The van der Waals surface area contributed by atoms with Crippen LogP contribution >= 0.6 is 0 Å². The second-order valence-electron chi connectivity index (χ2n) is 4.89. The van der Waals surface area contributed by atoms with E-state index in [9.17, 15) is 14.9 Å². The normalized spacial score (nSPS) is 21.6. The summed E-state index contributed by atoms with van der Waals surface area (Å²) in [5, 5.41) is 19.6. The van der Waals surface area contributed by atoms with Crippen LogP contribution in [-0.2, 0) is 4.79 Å². The van der Waals surface area contributed by atoms with Gasteiger partial charge in [0, 0.05) is 0 Å². The number of carboxylic acids is 1. The Hall–Kier alpha value is -2.38. The fourth-order valence-electron chi connectivity index (χ4n) is 2.34. The van der Waals surface area contributed by atoms with Crippen LogP contribution in [-0.4, -0.2) is 34.2 Å². The topological polar surface area (TPSA) is 112 Å². The van der Waals surface area contributed by atoms with Crippen LogP contribution in [0.5, 0.6) is 11.6 Å². The standard InChI is InChI=1S/C13H16N2O6/c1-20-11-6-9(15(18)19)7-14-12(11)21-10-4-2-8(3-5-10)13(16)17/h6-8,10H,2-5H2,1H3,(H,16,17)/t8-,10+. The van der Waals surface area contributed by atoms with E-state index in [2.05, 4.69) is 4.98 Å². The number of pyridine rings is 1. The van der Waals surface area contributed by atoms with Crippen LogP contribution in [0.3, 0.4) is 0 Å². The van der Waals surface area contributed by atoms with E-state index in [1.165, 1.54) is 13.2 Å². The first kappa shape index (κ1) is 15.0. The van der Waals surface area contributed by atoms with E-state index in [1.54, 1.807) is 0 Å². The van der Waals surface area contributed by atoms with E-state index in [0.29, 0.717) is 25.7 Å². The van der Waals surface area contributed by atoms with Gasteiger partial charge in [0.05, 0.1) is 24.0 Å². The predicted molar refractivity (Wildman–Crippen MR) is 71.5 cm³/mol. The molecular formula is C13H16N2O6. The molecule has 1 saturated carbocycles. The van der Waals surface area contributed by atoms with Crippen molar-refractivity contribution in [2.75, 3.05) is 7.11 Å². The van der Waals surface area contributed by atoms with E-state index in [1.807, 2.05) is 0 Å². The first-order chi connectivity index (χ1) is 10.0. The summed E-state index contributed by atoms with van der Waals surface area (Å²) in [6.45, 7) is 0. The zero-order valence-corrected chi connectivity index (χ0v) is 11.5. The molecule has 0 spiro atoms. The highest BCUT2D eigenvalue weighted by Crippen LogP contribution is 2.32. The molecule has 1 fully saturated rings. The zero-order valence-electron chi connectivity index (χ0n) is 11.5. The van der Waals surface area contributed by atoms with Crippen LogP contribution in [0, 0.1) is 16.0 Å². The van der Waals surface area contributed by atoms with Gasteiger partial charge in [0.15, 0.2) is 5.75 Å². The third kappa shape index (κ3) is 3.59. The Balaban J connectivity index is 2.03. The number of methoxy groups -OCH3 is 1. The van der Waals surface area contributed by atoms with Crippen molar-refractivity contribution < 1.29 is 24.3 Å². The maximum atomic E-state index is 10.9. The van der Waals surface area contributed by atoms with Crippen LogP contribution < -0.4 is 9.47 Å². The quantitative estimate of drug-likeness (QED) is 0.653. The first-order valence-electron chi connectivity index (χ1n) is 6.59. The van der Waals surface area contributed by atoms with Crippen LogP contribution in [0.15, 0.2) is 12.3 Å². The molecule has 0 amide bonds. The van der Waals surface area contributed by atoms with Crippen LogP contribution in [0.25, 0.3) is 0 Å². The van der Waals surface area contributed by atoms with Gasteiger partial charge < -0.3 is 14.6 Å². The molecule has 1 N–H and O–H groups in total. The van der Waals surface area contributed by atoms with Gasteiger partial charge in [-0.05, 0) is 25.7 Å². The summed E-state index contributed by atoms with van der Waals surface area (Å²) >= 11 is 0. The Morgan fingerprint density at radius 2 is 2.10 bits per heavy atom. The summed E-state index contributed by atoms with van der Waals surface area (Å²) in [5.41, 5.74) is -0.172. The summed E-state index contributed by atoms with van der Waals surface area (Å²) in [4.78, 5) is 24.9. The number of nitrogens with zero attached hydrogens (tertiary/aromatic N) is 2. The Labute approximate surface area is 120 Å². The van der Waals surface area contributed by atoms with Gasteiger partial charge in [-0.15, -0.1) is 0 Å². The maximum absolute atomic E-state index is 10.9. The summed E-state index contributed by atoms with van der Waals surface area (Å²) in [5.74, 6) is -0.706. The number of ether oxygens (including phenoxy) is 2. The number of aliphatic carboxylic acids is 1. The van der Waals surface area contributed by atoms with Crippen molar-refractivity contribution in [3.8, 4) is 11.6 Å². The summed E-state index contributed by atoms with van der Waals surface area (Å²) in [6, 6.07) is 1.26. The molecule has 1 heterocycles. The molecule has 8 nitrogen and oxygen atoms in total. The van der Waals surface area contributed by atoms with Crippen molar-refractivity contribution in [2.45, 2.75) is 31.8 Å². The smallest absolute Gasteiger partial charge is 0.306 e. The average Bonchev–Trinajstić information content (AvgIpc) is 2.48. The highest BCUT2D eigenvalue weighted by atomic mass is 16.6. The number of hydrogen-bond donors (Lipinski definition) is 1. The van der Waals surface area contributed by atoms with Crippen molar-refractivity contribution in [3.63, 3.8) is 0 Å². The van der Waals surface area contributed by atoms with Gasteiger partial charge in [0.1, 0.15) is 12.3 Å². The summed E-state index contributed by atoms with van der Waals surface area (Å²) < 4.78 is 10.7. The van der Waals surface area contributed by atoms with Crippen molar-refractivity contribution in [1.29, 1.82) is 0 Å². The molecule has 0 unspecified atom stereocenters. The highest BCUT2D eigenvalue weighted by Gasteiger charge is 2.28. The van der Waals surface area contributed by atoms with Gasteiger partial charge in [-0.1, -0.05) is 0 Å². The Bertz CT molecular complexity index is 539. The monoisotopic (exact) mass is 296 g/mol. The number of hydrogen-bond acceptors (Lipinski definition) is 6. The Morgan fingerprint density at radius 3 is 2.62 bits per heavy atom. The summed E-state index contributed by atoms with van der Waals surface area (Å²) in [7, 11) is 1.38. The third-order valence-corrected chi connectivity index (χ3v) is 3.54. The van der Waals surface area contributed by atoms with E-state index < -0.39 is 10.9 Å². The average molecular weight is 296 g/mol. The maximum Gasteiger partial charge on any atom is 0.306 e. The molecule has 1 aromatic heterocycles. The lowest BCUT2D eigenvalue weighted by Gasteiger charge is -2.26. The van der Waals surface area contributed by atoms with E-state index in [0.717, 1.165) is 6.20 Å². The van der Waals surface area contributed by atoms with Gasteiger partial charge in [-0.25, -0.2) is 4.98 Å². The lowest BCUT2D eigenvalue weighted by Crippen LogP contribution is -2.28. The fraction of sp³-hybridized carbons (Fsp3) is 0.538. The van der Waals surface area contributed by atoms with Gasteiger partial charge in [-0.2, -0.15) is 0 Å². The number of nitro groups is 1.